The molecule has 1 unspecified atom stereocenters. The van der Waals surface area contributed by atoms with E-state index in [1.165, 1.54) is 0 Å². The van der Waals surface area contributed by atoms with Crippen LogP contribution in [0.5, 0.6) is 0 Å². The Morgan fingerprint density at radius 3 is 2.33 bits per heavy atom. The fraction of sp³-hybridized carbons (Fsp3) is 0.800. The van der Waals surface area contributed by atoms with Crippen LogP contribution < -0.4 is 0 Å². The third-order valence-corrected chi connectivity index (χ3v) is 2.11. The molecule has 2 heteroatoms. The second-order valence-electron chi connectivity index (χ2n) is 3.20. The molecule has 1 atom stereocenters. The Kier molecular flexibility index (Phi) is 5.60. The van der Waals surface area contributed by atoms with Crippen molar-refractivity contribution in [3.63, 3.8) is 0 Å². The monoisotopic (exact) mass is 169 g/mol. The molecule has 0 aromatic carbocycles. The standard InChI is InChI=1S/C10H19NO/c1-4-6-7-9(8(3)11)10(12)5-2/h9,11H,4-7H2,1-3H3. The lowest BCUT2D eigenvalue weighted by atomic mass is 9.92. The van der Waals surface area contributed by atoms with Gasteiger partial charge >= 0.3 is 0 Å². The van der Waals surface area contributed by atoms with Crippen molar-refractivity contribution < 1.29 is 4.79 Å². The molecule has 0 rings (SSSR count). The number of nitrogens with one attached hydrogen (secondary N) is 1. The normalized spacial score (nSPS) is 12.6. The van der Waals surface area contributed by atoms with Crippen LogP contribution in [-0.2, 0) is 4.79 Å². The van der Waals surface area contributed by atoms with Gasteiger partial charge in [-0.05, 0) is 13.3 Å². The van der Waals surface area contributed by atoms with E-state index in [9.17, 15) is 4.79 Å². The average Bonchev–Trinajstić information content (AvgIpc) is 2.04. The van der Waals surface area contributed by atoms with Crippen LogP contribution in [0.1, 0.15) is 46.5 Å². The highest BCUT2D eigenvalue weighted by Gasteiger charge is 2.17. The quantitative estimate of drug-likeness (QED) is 0.610. The minimum Gasteiger partial charge on any atom is -0.309 e. The highest BCUT2D eigenvalue weighted by Crippen LogP contribution is 2.12. The first-order valence-electron chi connectivity index (χ1n) is 4.71. The maximum absolute atomic E-state index is 11.3. The number of ketones is 1. The summed E-state index contributed by atoms with van der Waals surface area (Å²) >= 11 is 0. The number of rotatable bonds is 6. The number of Topliss-reactive ketones (excluding diaryl/α,β-unsaturated/α-hetero) is 1. The van der Waals surface area contributed by atoms with E-state index < -0.39 is 0 Å². The molecule has 0 radical (unpaired) electrons. The van der Waals surface area contributed by atoms with Gasteiger partial charge in [0.1, 0.15) is 5.78 Å². The third kappa shape index (κ3) is 3.65. The predicted molar refractivity (Wildman–Crippen MR) is 51.7 cm³/mol. The van der Waals surface area contributed by atoms with Gasteiger partial charge in [-0.15, -0.1) is 0 Å². The van der Waals surface area contributed by atoms with Gasteiger partial charge in [0.2, 0.25) is 0 Å². The SMILES string of the molecule is CCCCC(C(C)=N)C(=O)CC. The van der Waals surface area contributed by atoms with Crippen LogP contribution >= 0.6 is 0 Å². The minimum absolute atomic E-state index is 0.102. The summed E-state index contributed by atoms with van der Waals surface area (Å²) in [6, 6.07) is 0. The van der Waals surface area contributed by atoms with Crippen LogP contribution in [0.25, 0.3) is 0 Å². The zero-order valence-corrected chi connectivity index (χ0v) is 8.31. The molecule has 0 spiro atoms. The molecular weight excluding hydrogens is 150 g/mol. The Hall–Kier alpha value is -0.660. The van der Waals surface area contributed by atoms with Gasteiger partial charge in [-0.25, -0.2) is 0 Å². The number of hydrogen-bond acceptors (Lipinski definition) is 2. The topological polar surface area (TPSA) is 40.9 Å². The van der Waals surface area contributed by atoms with Crippen LogP contribution in [0.2, 0.25) is 0 Å². The van der Waals surface area contributed by atoms with Crippen molar-refractivity contribution in [3.8, 4) is 0 Å². The Bertz CT molecular complexity index is 163. The molecule has 12 heavy (non-hydrogen) atoms. The molecule has 0 aliphatic carbocycles. The van der Waals surface area contributed by atoms with Crippen LogP contribution in [0, 0.1) is 11.3 Å². The molecule has 2 nitrogen and oxygen atoms in total. The summed E-state index contributed by atoms with van der Waals surface area (Å²) in [6.07, 6.45) is 3.57. The minimum atomic E-state index is -0.102. The van der Waals surface area contributed by atoms with Gasteiger partial charge in [-0.1, -0.05) is 26.7 Å². The molecule has 0 aliphatic rings. The molecule has 1 N–H and O–H groups in total. The number of carbonyl (C=O) groups excluding carboxylic acids is 1. The van der Waals surface area contributed by atoms with E-state index >= 15 is 0 Å². The van der Waals surface area contributed by atoms with Crippen molar-refractivity contribution in [1.29, 1.82) is 5.41 Å². The van der Waals surface area contributed by atoms with Gasteiger partial charge in [0.25, 0.3) is 0 Å². The molecule has 0 aromatic rings. The predicted octanol–water partition coefficient (Wildman–Crippen LogP) is 2.81. The van der Waals surface area contributed by atoms with Crippen LogP contribution in [0.3, 0.4) is 0 Å². The molecule has 0 aliphatic heterocycles. The summed E-state index contributed by atoms with van der Waals surface area (Å²) in [7, 11) is 0. The second-order valence-corrected chi connectivity index (χ2v) is 3.20. The smallest absolute Gasteiger partial charge is 0.141 e. The fourth-order valence-corrected chi connectivity index (χ4v) is 1.27. The van der Waals surface area contributed by atoms with E-state index in [1.54, 1.807) is 6.92 Å². The molecule has 0 saturated carbocycles. The molecule has 0 fully saturated rings. The van der Waals surface area contributed by atoms with E-state index in [1.807, 2.05) is 6.92 Å². The second kappa shape index (κ2) is 5.92. The van der Waals surface area contributed by atoms with E-state index in [0.29, 0.717) is 12.1 Å². The number of carbonyl (C=O) groups is 1. The van der Waals surface area contributed by atoms with Gasteiger partial charge in [-0.2, -0.15) is 0 Å². The van der Waals surface area contributed by atoms with E-state index in [-0.39, 0.29) is 11.7 Å². The van der Waals surface area contributed by atoms with Gasteiger partial charge in [0, 0.05) is 12.1 Å². The molecule has 0 heterocycles. The summed E-state index contributed by atoms with van der Waals surface area (Å²) in [5.74, 6) is 0.117. The van der Waals surface area contributed by atoms with Crippen molar-refractivity contribution in [2.75, 3.05) is 0 Å². The molecule has 0 bridgehead atoms. The van der Waals surface area contributed by atoms with Crippen LogP contribution in [0.15, 0.2) is 0 Å². The fourth-order valence-electron chi connectivity index (χ4n) is 1.27. The van der Waals surface area contributed by atoms with E-state index in [0.717, 1.165) is 19.3 Å². The van der Waals surface area contributed by atoms with Crippen LogP contribution in [-0.4, -0.2) is 11.5 Å². The molecule has 0 amide bonds. The zero-order valence-electron chi connectivity index (χ0n) is 8.31. The number of unbranched alkanes of at least 4 members (excludes halogenated alkanes) is 1. The van der Waals surface area contributed by atoms with Crippen LogP contribution in [0.4, 0.5) is 0 Å². The van der Waals surface area contributed by atoms with Crippen molar-refractivity contribution in [2.24, 2.45) is 5.92 Å². The lowest BCUT2D eigenvalue weighted by molar-refractivity contribution is -0.120. The first-order chi connectivity index (χ1) is 5.63. The third-order valence-electron chi connectivity index (χ3n) is 2.11. The maximum atomic E-state index is 11.3. The first kappa shape index (κ1) is 11.3. The maximum Gasteiger partial charge on any atom is 0.141 e. The summed E-state index contributed by atoms with van der Waals surface area (Å²) in [5, 5.41) is 7.44. The largest absolute Gasteiger partial charge is 0.309 e. The summed E-state index contributed by atoms with van der Waals surface area (Å²) in [5.41, 5.74) is 0.523. The van der Waals surface area contributed by atoms with Crippen molar-refractivity contribution >= 4 is 11.5 Å². The molecular formula is C10H19NO. The van der Waals surface area contributed by atoms with Gasteiger partial charge in [0.05, 0.1) is 5.92 Å². The Morgan fingerprint density at radius 2 is 2.00 bits per heavy atom. The highest BCUT2D eigenvalue weighted by molar-refractivity contribution is 6.02. The summed E-state index contributed by atoms with van der Waals surface area (Å²) in [4.78, 5) is 11.3. The molecule has 0 saturated heterocycles. The van der Waals surface area contributed by atoms with Gasteiger partial charge in [0.15, 0.2) is 0 Å². The summed E-state index contributed by atoms with van der Waals surface area (Å²) < 4.78 is 0. The van der Waals surface area contributed by atoms with E-state index in [2.05, 4.69) is 6.92 Å². The lowest BCUT2D eigenvalue weighted by Gasteiger charge is -2.12. The molecule has 70 valence electrons. The Balaban J connectivity index is 4.04. The molecule has 0 aromatic heterocycles. The van der Waals surface area contributed by atoms with E-state index in [4.69, 9.17) is 5.41 Å². The summed E-state index contributed by atoms with van der Waals surface area (Å²) in [6.45, 7) is 5.70. The first-order valence-corrected chi connectivity index (χ1v) is 4.71. The van der Waals surface area contributed by atoms with Crippen molar-refractivity contribution in [1.82, 2.24) is 0 Å². The lowest BCUT2D eigenvalue weighted by Crippen LogP contribution is -2.20. The Morgan fingerprint density at radius 1 is 1.42 bits per heavy atom. The Labute approximate surface area is 74.9 Å². The van der Waals surface area contributed by atoms with Gasteiger partial charge < -0.3 is 5.41 Å². The van der Waals surface area contributed by atoms with Crippen molar-refractivity contribution in [2.45, 2.75) is 46.5 Å². The zero-order chi connectivity index (χ0) is 9.56. The highest BCUT2D eigenvalue weighted by atomic mass is 16.1. The van der Waals surface area contributed by atoms with Gasteiger partial charge in [-0.3, -0.25) is 4.79 Å². The number of hydrogen-bond donors (Lipinski definition) is 1. The average molecular weight is 169 g/mol. The van der Waals surface area contributed by atoms with Crippen molar-refractivity contribution in [3.05, 3.63) is 0 Å².